The van der Waals surface area contributed by atoms with Crippen molar-refractivity contribution in [3.8, 4) is 0 Å². The zero-order valence-corrected chi connectivity index (χ0v) is 7.32. The molecule has 0 aliphatic carbocycles. The molecule has 1 unspecified atom stereocenters. The van der Waals surface area contributed by atoms with E-state index in [1.54, 1.807) is 7.11 Å². The number of ether oxygens (including phenoxy) is 2. The first-order valence-electron chi connectivity index (χ1n) is 3.12. The SMILES string of the molecule is COCCOC(C)CN.Cl. The third kappa shape index (κ3) is 8.17. The monoisotopic (exact) mass is 169 g/mol. The van der Waals surface area contributed by atoms with Gasteiger partial charge in [0.25, 0.3) is 0 Å². The maximum Gasteiger partial charge on any atom is 0.0704 e. The van der Waals surface area contributed by atoms with E-state index >= 15 is 0 Å². The Hall–Kier alpha value is 0.170. The molecule has 3 nitrogen and oxygen atoms in total. The minimum atomic E-state index is 0. The molecular weight excluding hydrogens is 154 g/mol. The van der Waals surface area contributed by atoms with Gasteiger partial charge in [0.1, 0.15) is 0 Å². The topological polar surface area (TPSA) is 44.5 Å². The van der Waals surface area contributed by atoms with Gasteiger partial charge in [-0.05, 0) is 6.92 Å². The molecule has 0 saturated heterocycles. The van der Waals surface area contributed by atoms with Crippen LogP contribution in [-0.2, 0) is 9.47 Å². The highest BCUT2D eigenvalue weighted by Gasteiger charge is 1.95. The van der Waals surface area contributed by atoms with Gasteiger partial charge in [0, 0.05) is 13.7 Å². The molecule has 0 fully saturated rings. The van der Waals surface area contributed by atoms with Crippen molar-refractivity contribution in [3.63, 3.8) is 0 Å². The van der Waals surface area contributed by atoms with Crippen LogP contribution < -0.4 is 5.73 Å². The summed E-state index contributed by atoms with van der Waals surface area (Å²) >= 11 is 0. The fraction of sp³-hybridized carbons (Fsp3) is 1.00. The van der Waals surface area contributed by atoms with Crippen LogP contribution in [0.15, 0.2) is 0 Å². The van der Waals surface area contributed by atoms with Gasteiger partial charge < -0.3 is 15.2 Å². The molecule has 0 amide bonds. The largest absolute Gasteiger partial charge is 0.382 e. The second kappa shape index (κ2) is 9.17. The highest BCUT2D eigenvalue weighted by molar-refractivity contribution is 5.85. The first-order chi connectivity index (χ1) is 4.31. The molecule has 0 aromatic heterocycles. The minimum absolute atomic E-state index is 0. The summed E-state index contributed by atoms with van der Waals surface area (Å²) in [5.74, 6) is 0. The molecular formula is C6H16ClNO2. The van der Waals surface area contributed by atoms with E-state index < -0.39 is 0 Å². The predicted octanol–water partition coefficient (Wildman–Crippen LogP) is 0.418. The molecule has 0 saturated carbocycles. The molecule has 64 valence electrons. The zero-order chi connectivity index (χ0) is 7.11. The summed E-state index contributed by atoms with van der Waals surface area (Å²) in [6.45, 7) is 3.79. The molecule has 10 heavy (non-hydrogen) atoms. The number of hydrogen-bond acceptors (Lipinski definition) is 3. The van der Waals surface area contributed by atoms with Crippen molar-refractivity contribution in [3.05, 3.63) is 0 Å². The van der Waals surface area contributed by atoms with Gasteiger partial charge in [0.2, 0.25) is 0 Å². The molecule has 0 bridgehead atoms. The number of nitrogens with two attached hydrogens (primary N) is 1. The van der Waals surface area contributed by atoms with E-state index in [4.69, 9.17) is 15.2 Å². The van der Waals surface area contributed by atoms with Crippen LogP contribution in [-0.4, -0.2) is 33.0 Å². The van der Waals surface area contributed by atoms with Gasteiger partial charge in [-0.15, -0.1) is 12.4 Å². The third-order valence-corrected chi connectivity index (χ3v) is 1.02. The van der Waals surface area contributed by atoms with Crippen molar-refractivity contribution >= 4 is 12.4 Å². The highest BCUT2D eigenvalue weighted by Crippen LogP contribution is 1.85. The second-order valence-electron chi connectivity index (χ2n) is 1.91. The molecule has 1 atom stereocenters. The Kier molecular flexibility index (Phi) is 11.7. The van der Waals surface area contributed by atoms with Crippen LogP contribution in [0.2, 0.25) is 0 Å². The molecule has 0 aromatic rings. The van der Waals surface area contributed by atoms with E-state index in [9.17, 15) is 0 Å². The fourth-order valence-corrected chi connectivity index (χ4v) is 0.401. The van der Waals surface area contributed by atoms with Gasteiger partial charge in [-0.1, -0.05) is 0 Å². The van der Waals surface area contributed by atoms with Crippen LogP contribution in [0.5, 0.6) is 0 Å². The number of hydrogen-bond donors (Lipinski definition) is 1. The molecule has 0 aliphatic heterocycles. The standard InChI is InChI=1S/C6H15NO2.ClH/c1-6(5-7)9-4-3-8-2;/h6H,3-5,7H2,1-2H3;1H. The van der Waals surface area contributed by atoms with Crippen molar-refractivity contribution in [2.75, 3.05) is 26.9 Å². The lowest BCUT2D eigenvalue weighted by Gasteiger charge is -2.08. The maximum absolute atomic E-state index is 5.29. The summed E-state index contributed by atoms with van der Waals surface area (Å²) in [6, 6.07) is 0. The van der Waals surface area contributed by atoms with Gasteiger partial charge in [0.15, 0.2) is 0 Å². The summed E-state index contributed by atoms with van der Waals surface area (Å²) in [4.78, 5) is 0. The average Bonchev–Trinajstić information content (AvgIpc) is 1.89. The third-order valence-electron chi connectivity index (χ3n) is 1.02. The molecule has 0 spiro atoms. The van der Waals surface area contributed by atoms with Crippen LogP contribution in [0.25, 0.3) is 0 Å². The van der Waals surface area contributed by atoms with Crippen LogP contribution in [0.1, 0.15) is 6.92 Å². The lowest BCUT2D eigenvalue weighted by Crippen LogP contribution is -2.21. The average molecular weight is 170 g/mol. The number of rotatable bonds is 5. The van der Waals surface area contributed by atoms with E-state index in [0.29, 0.717) is 19.8 Å². The zero-order valence-electron chi connectivity index (χ0n) is 6.50. The first kappa shape index (κ1) is 12.8. The quantitative estimate of drug-likeness (QED) is 0.607. The normalized spacial score (nSPS) is 12.3. The van der Waals surface area contributed by atoms with Crippen molar-refractivity contribution in [1.29, 1.82) is 0 Å². The molecule has 0 aromatic carbocycles. The van der Waals surface area contributed by atoms with E-state index in [-0.39, 0.29) is 18.5 Å². The van der Waals surface area contributed by atoms with Crippen LogP contribution >= 0.6 is 12.4 Å². The van der Waals surface area contributed by atoms with E-state index in [2.05, 4.69) is 0 Å². The highest BCUT2D eigenvalue weighted by atomic mass is 35.5. The Bertz CT molecular complexity index is 63.7. The van der Waals surface area contributed by atoms with Gasteiger partial charge in [0.05, 0.1) is 19.3 Å². The Labute approximate surface area is 68.3 Å². The first-order valence-corrected chi connectivity index (χ1v) is 3.12. The summed E-state index contributed by atoms with van der Waals surface area (Å²) in [5.41, 5.74) is 5.29. The van der Waals surface area contributed by atoms with Gasteiger partial charge >= 0.3 is 0 Å². The van der Waals surface area contributed by atoms with E-state index in [1.807, 2.05) is 6.92 Å². The van der Waals surface area contributed by atoms with Crippen molar-refractivity contribution in [2.45, 2.75) is 13.0 Å². The lowest BCUT2D eigenvalue weighted by atomic mass is 10.4. The Morgan fingerprint density at radius 1 is 1.40 bits per heavy atom. The van der Waals surface area contributed by atoms with Crippen LogP contribution in [0, 0.1) is 0 Å². The van der Waals surface area contributed by atoms with Gasteiger partial charge in [-0.2, -0.15) is 0 Å². The minimum Gasteiger partial charge on any atom is -0.382 e. The summed E-state index contributed by atoms with van der Waals surface area (Å²) in [6.07, 6.45) is 0.153. The van der Waals surface area contributed by atoms with Crippen molar-refractivity contribution in [2.24, 2.45) is 5.73 Å². The molecule has 0 aliphatic rings. The summed E-state index contributed by atoms with van der Waals surface area (Å²) < 4.78 is 9.95. The van der Waals surface area contributed by atoms with Crippen molar-refractivity contribution < 1.29 is 9.47 Å². The Morgan fingerprint density at radius 2 is 2.00 bits per heavy atom. The van der Waals surface area contributed by atoms with Gasteiger partial charge in [-0.25, -0.2) is 0 Å². The van der Waals surface area contributed by atoms with E-state index in [1.165, 1.54) is 0 Å². The van der Waals surface area contributed by atoms with Gasteiger partial charge in [-0.3, -0.25) is 0 Å². The number of halogens is 1. The summed E-state index contributed by atoms with van der Waals surface area (Å²) in [7, 11) is 1.65. The van der Waals surface area contributed by atoms with Crippen LogP contribution in [0.4, 0.5) is 0 Å². The molecule has 0 radical (unpaired) electrons. The Morgan fingerprint density at radius 3 is 2.40 bits per heavy atom. The molecule has 4 heteroatoms. The smallest absolute Gasteiger partial charge is 0.0704 e. The lowest BCUT2D eigenvalue weighted by molar-refractivity contribution is 0.0306. The Balaban J connectivity index is 0. The van der Waals surface area contributed by atoms with E-state index in [0.717, 1.165) is 0 Å². The second-order valence-corrected chi connectivity index (χ2v) is 1.91. The fourth-order valence-electron chi connectivity index (χ4n) is 0.401. The summed E-state index contributed by atoms with van der Waals surface area (Å²) in [5, 5.41) is 0. The molecule has 0 heterocycles. The predicted molar refractivity (Wildman–Crippen MR) is 43.6 cm³/mol. The van der Waals surface area contributed by atoms with Crippen molar-refractivity contribution in [1.82, 2.24) is 0 Å². The maximum atomic E-state index is 5.29. The number of methoxy groups -OCH3 is 1. The molecule has 0 rings (SSSR count). The van der Waals surface area contributed by atoms with Crippen LogP contribution in [0.3, 0.4) is 0 Å². The molecule has 2 N–H and O–H groups in total.